The predicted molar refractivity (Wildman–Crippen MR) is 143 cm³/mol. The second-order valence-corrected chi connectivity index (χ2v) is 11.1. The lowest BCUT2D eigenvalue weighted by Gasteiger charge is -2.33. The summed E-state index contributed by atoms with van der Waals surface area (Å²) in [6.45, 7) is 10.0. The SMILES string of the molecule is CC(=O)N(Cc1ccc(B2OC(C)(C)C(C)(C)O2)cc1)C(C(=O)NC1CCCCC1)c1ccccc1. The molecule has 0 radical (unpaired) electrons. The van der Waals surface area contributed by atoms with Gasteiger partial charge in [0, 0.05) is 19.5 Å². The number of carbonyl (C=O) groups is 2. The predicted octanol–water partition coefficient (Wildman–Crippen LogP) is 4.52. The van der Waals surface area contributed by atoms with E-state index in [2.05, 4.69) is 5.32 Å². The summed E-state index contributed by atoms with van der Waals surface area (Å²) in [7, 11) is -0.439. The smallest absolute Gasteiger partial charge is 0.399 e. The van der Waals surface area contributed by atoms with Gasteiger partial charge in [0.1, 0.15) is 6.04 Å². The Morgan fingerprint density at radius 3 is 2.08 bits per heavy atom. The van der Waals surface area contributed by atoms with Gasteiger partial charge in [0.05, 0.1) is 11.2 Å². The van der Waals surface area contributed by atoms with Crippen LogP contribution in [-0.4, -0.2) is 41.1 Å². The van der Waals surface area contributed by atoms with Gasteiger partial charge in [0.15, 0.2) is 0 Å². The van der Waals surface area contributed by atoms with Crippen LogP contribution in [0.15, 0.2) is 54.6 Å². The molecular formula is C29H39BN2O4. The standard InChI is InChI=1S/C29H39BN2O4/c1-21(33)32(20-22-16-18-24(19-17-22)30-35-28(2,3)29(4,5)36-30)26(23-12-8-6-9-13-23)27(34)31-25-14-10-7-11-15-25/h6,8-9,12-13,16-19,25-26H,7,10-11,14-15,20H2,1-5H3,(H,31,34). The molecule has 2 amide bonds. The van der Waals surface area contributed by atoms with Crippen LogP contribution in [0.4, 0.5) is 0 Å². The average molecular weight is 490 g/mol. The van der Waals surface area contributed by atoms with Gasteiger partial charge < -0.3 is 19.5 Å². The van der Waals surface area contributed by atoms with Gasteiger partial charge in [-0.15, -0.1) is 0 Å². The summed E-state index contributed by atoms with van der Waals surface area (Å²) in [6.07, 6.45) is 5.47. The molecule has 2 aromatic rings. The van der Waals surface area contributed by atoms with Crippen molar-refractivity contribution in [3.8, 4) is 0 Å². The Morgan fingerprint density at radius 2 is 1.53 bits per heavy atom. The molecule has 1 aliphatic heterocycles. The first-order valence-corrected chi connectivity index (χ1v) is 13.1. The molecule has 192 valence electrons. The minimum absolute atomic E-state index is 0.114. The fraction of sp³-hybridized carbons (Fsp3) is 0.517. The lowest BCUT2D eigenvalue weighted by Crippen LogP contribution is -2.46. The van der Waals surface area contributed by atoms with Crippen LogP contribution in [0.2, 0.25) is 0 Å². The maximum absolute atomic E-state index is 13.6. The monoisotopic (exact) mass is 490 g/mol. The van der Waals surface area contributed by atoms with Crippen molar-refractivity contribution in [1.29, 1.82) is 0 Å². The number of nitrogens with one attached hydrogen (secondary N) is 1. The van der Waals surface area contributed by atoms with Gasteiger partial charge in [-0.05, 0) is 57.1 Å². The number of hydrogen-bond donors (Lipinski definition) is 1. The lowest BCUT2D eigenvalue weighted by molar-refractivity contribution is -0.140. The number of rotatable bonds is 7. The quantitative estimate of drug-likeness (QED) is 0.580. The van der Waals surface area contributed by atoms with E-state index >= 15 is 0 Å². The van der Waals surface area contributed by atoms with Crippen molar-refractivity contribution in [2.45, 2.75) is 96.6 Å². The van der Waals surface area contributed by atoms with Crippen molar-refractivity contribution >= 4 is 24.4 Å². The van der Waals surface area contributed by atoms with E-state index in [9.17, 15) is 9.59 Å². The van der Waals surface area contributed by atoms with E-state index in [0.29, 0.717) is 6.54 Å². The zero-order chi connectivity index (χ0) is 25.9. The normalized spacial score (nSPS) is 20.1. The number of amides is 2. The molecule has 0 spiro atoms. The van der Waals surface area contributed by atoms with Crippen molar-refractivity contribution < 1.29 is 18.9 Å². The summed E-state index contributed by atoms with van der Waals surface area (Å²) in [6, 6.07) is 17.0. The molecule has 1 unspecified atom stereocenters. The maximum atomic E-state index is 13.6. The molecule has 6 nitrogen and oxygen atoms in total. The average Bonchev–Trinajstić information content (AvgIpc) is 3.07. The molecule has 7 heteroatoms. The Bertz CT molecular complexity index is 1030. The van der Waals surface area contributed by atoms with Crippen molar-refractivity contribution in [2.24, 2.45) is 0 Å². The highest BCUT2D eigenvalue weighted by atomic mass is 16.7. The van der Waals surface area contributed by atoms with Crippen molar-refractivity contribution in [3.05, 3.63) is 65.7 Å². The lowest BCUT2D eigenvalue weighted by atomic mass is 9.79. The number of benzene rings is 2. The molecule has 2 aliphatic rings. The summed E-state index contributed by atoms with van der Waals surface area (Å²) < 4.78 is 12.3. The van der Waals surface area contributed by atoms with E-state index in [1.807, 2.05) is 82.3 Å². The fourth-order valence-corrected chi connectivity index (χ4v) is 4.98. The molecule has 1 N–H and O–H groups in total. The van der Waals surface area contributed by atoms with Crippen molar-refractivity contribution in [2.75, 3.05) is 0 Å². The Balaban J connectivity index is 1.54. The van der Waals surface area contributed by atoms with Gasteiger partial charge >= 0.3 is 7.12 Å². The van der Waals surface area contributed by atoms with Crippen molar-refractivity contribution in [3.63, 3.8) is 0 Å². The number of carbonyl (C=O) groups excluding carboxylic acids is 2. The molecule has 1 atom stereocenters. The molecule has 1 saturated heterocycles. The number of nitrogens with zero attached hydrogens (tertiary/aromatic N) is 1. The van der Waals surface area contributed by atoms with Gasteiger partial charge in [-0.3, -0.25) is 9.59 Å². The zero-order valence-electron chi connectivity index (χ0n) is 22.3. The molecule has 1 saturated carbocycles. The van der Waals surface area contributed by atoms with Gasteiger partial charge in [0.2, 0.25) is 11.8 Å². The van der Waals surface area contributed by atoms with Crippen LogP contribution in [-0.2, 0) is 25.4 Å². The first-order chi connectivity index (χ1) is 17.1. The minimum atomic E-state index is -0.687. The van der Waals surface area contributed by atoms with E-state index in [0.717, 1.165) is 42.3 Å². The zero-order valence-corrected chi connectivity index (χ0v) is 22.3. The van der Waals surface area contributed by atoms with Crippen LogP contribution in [0.3, 0.4) is 0 Å². The second-order valence-electron chi connectivity index (χ2n) is 11.1. The van der Waals surface area contributed by atoms with E-state index in [1.165, 1.54) is 13.3 Å². The molecule has 4 rings (SSSR count). The van der Waals surface area contributed by atoms with Crippen LogP contribution < -0.4 is 10.8 Å². The highest BCUT2D eigenvalue weighted by molar-refractivity contribution is 6.62. The second kappa shape index (κ2) is 10.8. The van der Waals surface area contributed by atoms with Gasteiger partial charge in [-0.1, -0.05) is 73.9 Å². The molecule has 0 aromatic heterocycles. The summed E-state index contributed by atoms with van der Waals surface area (Å²) in [4.78, 5) is 28.1. The molecular weight excluding hydrogens is 451 g/mol. The fourth-order valence-electron chi connectivity index (χ4n) is 4.98. The minimum Gasteiger partial charge on any atom is -0.399 e. The van der Waals surface area contributed by atoms with E-state index < -0.39 is 24.4 Å². The third-order valence-corrected chi connectivity index (χ3v) is 7.89. The third-order valence-electron chi connectivity index (χ3n) is 7.89. The van der Waals surface area contributed by atoms with Crippen LogP contribution in [0.1, 0.15) is 83.9 Å². The van der Waals surface area contributed by atoms with Crippen LogP contribution in [0.5, 0.6) is 0 Å². The summed E-state index contributed by atoms with van der Waals surface area (Å²) in [5.41, 5.74) is 1.88. The highest BCUT2D eigenvalue weighted by Crippen LogP contribution is 2.36. The van der Waals surface area contributed by atoms with Gasteiger partial charge in [-0.2, -0.15) is 0 Å². The Hall–Kier alpha value is -2.64. The Kier molecular flexibility index (Phi) is 7.91. The summed E-state index contributed by atoms with van der Waals surface area (Å²) in [5, 5.41) is 3.23. The summed E-state index contributed by atoms with van der Waals surface area (Å²) >= 11 is 0. The molecule has 1 heterocycles. The van der Waals surface area contributed by atoms with E-state index in [-0.39, 0.29) is 17.9 Å². The highest BCUT2D eigenvalue weighted by Gasteiger charge is 2.51. The van der Waals surface area contributed by atoms with Crippen LogP contribution in [0.25, 0.3) is 0 Å². The third kappa shape index (κ3) is 5.84. The Labute approximate surface area is 215 Å². The van der Waals surface area contributed by atoms with E-state index in [4.69, 9.17) is 9.31 Å². The van der Waals surface area contributed by atoms with Gasteiger partial charge in [-0.25, -0.2) is 0 Å². The molecule has 1 aliphatic carbocycles. The number of hydrogen-bond acceptors (Lipinski definition) is 4. The summed E-state index contributed by atoms with van der Waals surface area (Å²) in [5.74, 6) is -0.255. The van der Waals surface area contributed by atoms with E-state index in [1.54, 1.807) is 4.90 Å². The van der Waals surface area contributed by atoms with Crippen LogP contribution in [0, 0.1) is 0 Å². The maximum Gasteiger partial charge on any atom is 0.494 e. The first kappa shape index (κ1) is 26.4. The van der Waals surface area contributed by atoms with Crippen molar-refractivity contribution in [1.82, 2.24) is 10.2 Å². The molecule has 36 heavy (non-hydrogen) atoms. The topological polar surface area (TPSA) is 67.9 Å². The largest absolute Gasteiger partial charge is 0.494 e. The first-order valence-electron chi connectivity index (χ1n) is 13.1. The van der Waals surface area contributed by atoms with Crippen LogP contribution >= 0.6 is 0 Å². The molecule has 2 aromatic carbocycles. The molecule has 0 bridgehead atoms. The Morgan fingerprint density at radius 1 is 0.944 bits per heavy atom. The van der Waals surface area contributed by atoms with Gasteiger partial charge in [0.25, 0.3) is 0 Å². The molecule has 2 fully saturated rings.